The molecule has 0 radical (unpaired) electrons. The van der Waals surface area contributed by atoms with Crippen LogP contribution in [0, 0.1) is 5.92 Å². The molecule has 7 nitrogen and oxygen atoms in total. The number of likely N-dealkylation sites (tertiary alicyclic amines) is 1. The van der Waals surface area contributed by atoms with Crippen LogP contribution >= 0.6 is 0 Å². The van der Waals surface area contributed by atoms with E-state index in [0.29, 0.717) is 45.4 Å². The lowest BCUT2D eigenvalue weighted by Crippen LogP contribution is -2.44. The van der Waals surface area contributed by atoms with Crippen LogP contribution in [0.5, 0.6) is 11.5 Å². The predicted octanol–water partition coefficient (Wildman–Crippen LogP) is 1.67. The zero-order valence-corrected chi connectivity index (χ0v) is 16.0. The Bertz CT molecular complexity index is 566. The van der Waals surface area contributed by atoms with E-state index < -0.39 is 0 Å². The number of benzene rings is 1. The molecule has 1 N–H and O–H groups in total. The molecule has 2 saturated heterocycles. The topological polar surface area (TPSA) is 69.3 Å². The first-order valence-electron chi connectivity index (χ1n) is 9.82. The standard InChI is InChI=1S/C20H30N2O5/c1-2-24-17-3-5-18(6-4-17)25-12-9-21-19(23)15-22-10-7-16(8-11-22)20-26-13-14-27-20/h3-6,16,20H,2,7-15H2,1H3,(H,21,23). The maximum absolute atomic E-state index is 12.1. The van der Waals surface area contributed by atoms with Crippen molar-refractivity contribution in [1.29, 1.82) is 0 Å². The molecule has 0 bridgehead atoms. The number of hydrogen-bond donors (Lipinski definition) is 1. The second kappa shape index (κ2) is 10.5. The van der Waals surface area contributed by atoms with Crippen LogP contribution in [0.3, 0.4) is 0 Å². The number of ether oxygens (including phenoxy) is 4. The zero-order valence-electron chi connectivity index (χ0n) is 16.0. The average Bonchev–Trinajstić information content (AvgIpc) is 3.22. The van der Waals surface area contributed by atoms with Gasteiger partial charge >= 0.3 is 0 Å². The minimum Gasteiger partial charge on any atom is -0.494 e. The summed E-state index contributed by atoms with van der Waals surface area (Å²) < 4.78 is 22.2. The van der Waals surface area contributed by atoms with Crippen LogP contribution in [0.2, 0.25) is 0 Å². The maximum atomic E-state index is 12.1. The molecule has 3 rings (SSSR count). The number of nitrogens with zero attached hydrogens (tertiary/aromatic N) is 1. The van der Waals surface area contributed by atoms with Crippen molar-refractivity contribution in [2.75, 3.05) is 52.6 Å². The van der Waals surface area contributed by atoms with Crippen molar-refractivity contribution < 1.29 is 23.7 Å². The average molecular weight is 378 g/mol. The van der Waals surface area contributed by atoms with Gasteiger partial charge in [-0.15, -0.1) is 0 Å². The molecule has 2 heterocycles. The summed E-state index contributed by atoms with van der Waals surface area (Å²) in [6, 6.07) is 7.49. The molecular formula is C20H30N2O5. The first kappa shape index (κ1) is 19.9. The fourth-order valence-electron chi connectivity index (χ4n) is 3.45. The summed E-state index contributed by atoms with van der Waals surface area (Å²) in [5.41, 5.74) is 0. The van der Waals surface area contributed by atoms with Crippen LogP contribution < -0.4 is 14.8 Å². The monoisotopic (exact) mass is 378 g/mol. The van der Waals surface area contributed by atoms with E-state index in [1.807, 2.05) is 31.2 Å². The molecule has 1 aromatic carbocycles. The predicted molar refractivity (Wildman–Crippen MR) is 101 cm³/mol. The van der Waals surface area contributed by atoms with Gasteiger partial charge in [0.05, 0.1) is 32.9 Å². The minimum absolute atomic E-state index is 0.0390. The smallest absolute Gasteiger partial charge is 0.234 e. The summed E-state index contributed by atoms with van der Waals surface area (Å²) >= 11 is 0. The quantitative estimate of drug-likeness (QED) is 0.659. The van der Waals surface area contributed by atoms with E-state index in [0.717, 1.165) is 37.4 Å². The number of rotatable bonds is 9. The molecule has 2 aliphatic rings. The van der Waals surface area contributed by atoms with E-state index in [4.69, 9.17) is 18.9 Å². The third kappa shape index (κ3) is 6.37. The number of carbonyl (C=O) groups excluding carboxylic acids is 1. The highest BCUT2D eigenvalue weighted by Crippen LogP contribution is 2.25. The number of carbonyl (C=O) groups is 1. The highest BCUT2D eigenvalue weighted by atomic mass is 16.7. The molecule has 0 atom stereocenters. The Hall–Kier alpha value is -1.83. The minimum atomic E-state index is -0.0410. The van der Waals surface area contributed by atoms with Crippen LogP contribution in [0.4, 0.5) is 0 Å². The van der Waals surface area contributed by atoms with Crippen LogP contribution in [0.25, 0.3) is 0 Å². The van der Waals surface area contributed by atoms with E-state index >= 15 is 0 Å². The molecule has 0 aliphatic carbocycles. The number of hydrogen-bond acceptors (Lipinski definition) is 6. The summed E-state index contributed by atoms with van der Waals surface area (Å²) in [5, 5.41) is 2.92. The second-order valence-corrected chi connectivity index (χ2v) is 6.83. The van der Waals surface area contributed by atoms with Crippen LogP contribution in [0.15, 0.2) is 24.3 Å². The Kier molecular flexibility index (Phi) is 7.74. The highest BCUT2D eigenvalue weighted by Gasteiger charge is 2.30. The number of amides is 1. The lowest BCUT2D eigenvalue weighted by molar-refractivity contribution is -0.124. The SMILES string of the molecule is CCOc1ccc(OCCNC(=O)CN2CCC(C3OCCO3)CC2)cc1. The van der Waals surface area contributed by atoms with Crippen LogP contribution in [-0.4, -0.2) is 69.7 Å². The summed E-state index contributed by atoms with van der Waals surface area (Å²) in [4.78, 5) is 14.3. The van der Waals surface area contributed by atoms with Gasteiger partial charge < -0.3 is 24.3 Å². The Balaban J connectivity index is 1.26. The molecule has 1 aromatic rings. The second-order valence-electron chi connectivity index (χ2n) is 6.83. The third-order valence-corrected chi connectivity index (χ3v) is 4.86. The third-order valence-electron chi connectivity index (χ3n) is 4.86. The molecule has 0 spiro atoms. The fraction of sp³-hybridized carbons (Fsp3) is 0.650. The van der Waals surface area contributed by atoms with Gasteiger partial charge in [-0.1, -0.05) is 0 Å². The molecule has 0 saturated carbocycles. The Morgan fingerprint density at radius 1 is 1.11 bits per heavy atom. The van der Waals surface area contributed by atoms with Crippen LogP contribution in [0.1, 0.15) is 19.8 Å². The molecule has 2 fully saturated rings. The van der Waals surface area contributed by atoms with Gasteiger partial charge in [0, 0.05) is 5.92 Å². The van der Waals surface area contributed by atoms with Crippen molar-refractivity contribution in [3.8, 4) is 11.5 Å². The van der Waals surface area contributed by atoms with Crippen molar-refractivity contribution in [1.82, 2.24) is 10.2 Å². The maximum Gasteiger partial charge on any atom is 0.234 e. The highest BCUT2D eigenvalue weighted by molar-refractivity contribution is 5.78. The van der Waals surface area contributed by atoms with Crippen molar-refractivity contribution in [3.05, 3.63) is 24.3 Å². The van der Waals surface area contributed by atoms with E-state index in [1.54, 1.807) is 0 Å². The van der Waals surface area contributed by atoms with Crippen molar-refractivity contribution in [2.45, 2.75) is 26.1 Å². The van der Waals surface area contributed by atoms with Gasteiger partial charge in [-0.25, -0.2) is 0 Å². The van der Waals surface area contributed by atoms with E-state index in [2.05, 4.69) is 10.2 Å². The van der Waals surface area contributed by atoms with Gasteiger partial charge in [-0.3, -0.25) is 9.69 Å². The lowest BCUT2D eigenvalue weighted by Gasteiger charge is -2.33. The van der Waals surface area contributed by atoms with E-state index in [-0.39, 0.29) is 12.2 Å². The number of piperidine rings is 1. The largest absolute Gasteiger partial charge is 0.494 e. The Morgan fingerprint density at radius 2 is 1.74 bits per heavy atom. The molecule has 0 unspecified atom stereocenters. The van der Waals surface area contributed by atoms with Crippen molar-refractivity contribution in [2.24, 2.45) is 5.92 Å². The summed E-state index contributed by atoms with van der Waals surface area (Å²) in [7, 11) is 0. The normalized spacial score (nSPS) is 19.1. The van der Waals surface area contributed by atoms with Gasteiger partial charge in [0.15, 0.2) is 6.29 Å². The molecule has 7 heteroatoms. The Morgan fingerprint density at radius 3 is 2.37 bits per heavy atom. The molecule has 0 aromatic heterocycles. The summed E-state index contributed by atoms with van der Waals surface area (Å²) in [5.74, 6) is 2.09. The first-order valence-corrected chi connectivity index (χ1v) is 9.82. The number of nitrogens with one attached hydrogen (secondary N) is 1. The molecular weight excluding hydrogens is 348 g/mol. The van der Waals surface area contributed by atoms with Gasteiger partial charge in [0.1, 0.15) is 18.1 Å². The van der Waals surface area contributed by atoms with Crippen LogP contribution in [-0.2, 0) is 14.3 Å². The zero-order chi connectivity index (χ0) is 18.9. The van der Waals surface area contributed by atoms with Crippen molar-refractivity contribution >= 4 is 5.91 Å². The molecule has 2 aliphatic heterocycles. The molecule has 1 amide bonds. The van der Waals surface area contributed by atoms with Crippen molar-refractivity contribution in [3.63, 3.8) is 0 Å². The Labute approximate surface area is 160 Å². The first-order chi connectivity index (χ1) is 13.2. The van der Waals surface area contributed by atoms with Gasteiger partial charge in [0.2, 0.25) is 5.91 Å². The molecule has 27 heavy (non-hydrogen) atoms. The molecule has 150 valence electrons. The summed E-state index contributed by atoms with van der Waals surface area (Å²) in [6.07, 6.45) is 1.98. The van der Waals surface area contributed by atoms with Gasteiger partial charge in [-0.2, -0.15) is 0 Å². The van der Waals surface area contributed by atoms with Gasteiger partial charge in [-0.05, 0) is 57.1 Å². The van der Waals surface area contributed by atoms with E-state index in [9.17, 15) is 4.79 Å². The summed E-state index contributed by atoms with van der Waals surface area (Å²) in [6.45, 7) is 7.18. The van der Waals surface area contributed by atoms with E-state index in [1.165, 1.54) is 0 Å². The fourth-order valence-corrected chi connectivity index (χ4v) is 3.45. The van der Waals surface area contributed by atoms with Gasteiger partial charge in [0.25, 0.3) is 0 Å². The lowest BCUT2D eigenvalue weighted by atomic mass is 9.96.